The van der Waals surface area contributed by atoms with E-state index in [1.807, 2.05) is 25.3 Å². The third-order valence-electron chi connectivity index (χ3n) is 6.30. The first-order chi connectivity index (χ1) is 17.4. The fourth-order valence-corrected chi connectivity index (χ4v) is 4.42. The Labute approximate surface area is 210 Å². The molecule has 194 valence electrons. The maximum absolute atomic E-state index is 12.8. The zero-order valence-corrected chi connectivity index (χ0v) is 21.2. The highest BCUT2D eigenvalue weighted by Crippen LogP contribution is 2.34. The lowest BCUT2D eigenvalue weighted by atomic mass is 9.89. The Bertz CT molecular complexity index is 1180. The van der Waals surface area contributed by atoms with Gasteiger partial charge in [-0.15, -0.1) is 0 Å². The fraction of sp³-hybridized carbons (Fsp3) is 0.520. The number of aliphatic hydroxyl groups excluding tert-OH is 1. The van der Waals surface area contributed by atoms with E-state index in [0.29, 0.717) is 24.2 Å². The molecule has 11 heteroatoms. The molecule has 0 aromatic carbocycles. The van der Waals surface area contributed by atoms with Crippen molar-refractivity contribution in [3.63, 3.8) is 0 Å². The van der Waals surface area contributed by atoms with Crippen molar-refractivity contribution in [1.82, 2.24) is 25.3 Å². The van der Waals surface area contributed by atoms with Crippen LogP contribution in [-0.2, 0) is 4.74 Å². The van der Waals surface area contributed by atoms with Crippen LogP contribution in [0.4, 0.5) is 5.82 Å². The van der Waals surface area contributed by atoms with E-state index in [2.05, 4.69) is 30.2 Å². The predicted molar refractivity (Wildman–Crippen MR) is 135 cm³/mol. The third-order valence-corrected chi connectivity index (χ3v) is 6.30. The summed E-state index contributed by atoms with van der Waals surface area (Å²) in [5.41, 5.74) is 2.26. The minimum absolute atomic E-state index is 0.123. The van der Waals surface area contributed by atoms with Gasteiger partial charge < -0.3 is 34.5 Å². The number of carbonyl (C=O) groups is 1. The summed E-state index contributed by atoms with van der Waals surface area (Å²) < 4.78 is 16.2. The first-order valence-corrected chi connectivity index (χ1v) is 12.1. The van der Waals surface area contributed by atoms with Crippen molar-refractivity contribution in [3.8, 4) is 11.9 Å². The SMILES string of the molecule is COC[C@@H](C)Oc1nc(C(=O)N[C@H](C)CO)cc(N2CCC(c3c[nH]c4nc(OC)ccc34)CC2)n1. The van der Waals surface area contributed by atoms with Crippen LogP contribution in [0, 0.1) is 0 Å². The molecule has 1 fully saturated rings. The lowest BCUT2D eigenvalue weighted by molar-refractivity contribution is 0.0839. The molecule has 0 bridgehead atoms. The summed E-state index contributed by atoms with van der Waals surface area (Å²) in [7, 11) is 3.20. The molecule has 3 aromatic rings. The largest absolute Gasteiger partial charge is 0.481 e. The number of nitrogens with zero attached hydrogens (tertiary/aromatic N) is 4. The highest BCUT2D eigenvalue weighted by molar-refractivity contribution is 5.93. The van der Waals surface area contributed by atoms with E-state index in [9.17, 15) is 9.90 Å². The zero-order chi connectivity index (χ0) is 25.7. The van der Waals surface area contributed by atoms with Crippen molar-refractivity contribution in [1.29, 1.82) is 0 Å². The first-order valence-electron chi connectivity index (χ1n) is 12.1. The fourth-order valence-electron chi connectivity index (χ4n) is 4.42. The molecule has 1 saturated heterocycles. The molecule has 0 aliphatic carbocycles. The quantitative estimate of drug-likeness (QED) is 0.385. The van der Waals surface area contributed by atoms with Gasteiger partial charge >= 0.3 is 6.01 Å². The van der Waals surface area contributed by atoms with Gasteiger partial charge in [-0.3, -0.25) is 4.79 Å². The number of fused-ring (bicyclic) bond motifs is 1. The van der Waals surface area contributed by atoms with E-state index < -0.39 is 6.04 Å². The van der Waals surface area contributed by atoms with E-state index in [4.69, 9.17) is 14.2 Å². The van der Waals surface area contributed by atoms with Crippen molar-refractivity contribution in [2.24, 2.45) is 0 Å². The highest BCUT2D eigenvalue weighted by atomic mass is 16.5. The molecular weight excluding hydrogens is 464 g/mol. The minimum Gasteiger partial charge on any atom is -0.481 e. The standard InChI is InChI=1S/C25H34N6O5/c1-15(13-32)27-24(33)20-11-21(29-25(28-20)36-16(2)14-34-3)31-9-7-17(8-10-31)19-12-26-23-18(19)5-6-22(30-23)35-4/h5-6,11-12,15-17,32H,7-10,13-14H2,1-4H3,(H,26,30)(H,27,33)/t15-,16-/m1/s1. The summed E-state index contributed by atoms with van der Waals surface area (Å²) in [6.45, 7) is 5.30. The van der Waals surface area contributed by atoms with Crippen molar-refractivity contribution >= 4 is 22.8 Å². The number of amides is 1. The number of carbonyl (C=O) groups excluding carboxylic acids is 1. The van der Waals surface area contributed by atoms with Crippen LogP contribution < -0.4 is 19.7 Å². The van der Waals surface area contributed by atoms with Crippen molar-refractivity contribution in [2.45, 2.75) is 44.8 Å². The molecule has 3 N–H and O–H groups in total. The molecule has 0 unspecified atom stereocenters. The number of anilines is 1. The van der Waals surface area contributed by atoms with Gasteiger partial charge in [-0.2, -0.15) is 15.0 Å². The molecule has 4 rings (SSSR count). The molecule has 1 amide bonds. The summed E-state index contributed by atoms with van der Waals surface area (Å²) in [6, 6.07) is 5.33. The number of hydrogen-bond acceptors (Lipinski definition) is 9. The predicted octanol–water partition coefficient (Wildman–Crippen LogP) is 2.27. The number of aromatic nitrogens is 4. The smallest absolute Gasteiger partial charge is 0.319 e. The number of aromatic amines is 1. The van der Waals surface area contributed by atoms with E-state index in [1.165, 1.54) is 5.56 Å². The van der Waals surface area contributed by atoms with Crippen LogP contribution in [0.15, 0.2) is 24.4 Å². The molecular formula is C25H34N6O5. The van der Waals surface area contributed by atoms with Gasteiger partial charge in [0.25, 0.3) is 5.91 Å². The van der Waals surface area contributed by atoms with Crippen LogP contribution in [0.2, 0.25) is 0 Å². The molecule has 0 spiro atoms. The molecule has 0 saturated carbocycles. The summed E-state index contributed by atoms with van der Waals surface area (Å²) in [5.74, 6) is 1.20. The lowest BCUT2D eigenvalue weighted by Crippen LogP contribution is -2.37. The number of rotatable bonds is 10. The van der Waals surface area contributed by atoms with Gasteiger partial charge in [-0.1, -0.05) is 0 Å². The Morgan fingerprint density at radius 1 is 1.22 bits per heavy atom. The Kier molecular flexibility index (Phi) is 8.21. The van der Waals surface area contributed by atoms with Gasteiger partial charge in [0, 0.05) is 50.0 Å². The summed E-state index contributed by atoms with van der Waals surface area (Å²) in [4.78, 5) is 31.6. The molecule has 11 nitrogen and oxygen atoms in total. The van der Waals surface area contributed by atoms with Crippen LogP contribution in [0.1, 0.15) is 48.7 Å². The van der Waals surface area contributed by atoms with E-state index in [0.717, 1.165) is 37.0 Å². The second-order valence-corrected chi connectivity index (χ2v) is 9.09. The Balaban J connectivity index is 1.52. The average molecular weight is 499 g/mol. The van der Waals surface area contributed by atoms with E-state index in [1.54, 1.807) is 27.2 Å². The maximum Gasteiger partial charge on any atom is 0.319 e. The molecule has 1 aliphatic rings. The number of ether oxygens (including phenoxy) is 3. The third kappa shape index (κ3) is 5.85. The van der Waals surface area contributed by atoms with Crippen molar-refractivity contribution in [3.05, 3.63) is 35.7 Å². The number of piperidine rings is 1. The Morgan fingerprint density at radius 2 is 2.00 bits per heavy atom. The van der Waals surface area contributed by atoms with E-state index in [-0.39, 0.29) is 30.3 Å². The molecule has 3 aromatic heterocycles. The molecule has 2 atom stereocenters. The van der Waals surface area contributed by atoms with Gasteiger partial charge in [-0.05, 0) is 44.2 Å². The normalized spacial score (nSPS) is 16.1. The number of hydrogen-bond donors (Lipinski definition) is 3. The molecule has 1 aliphatic heterocycles. The molecule has 0 radical (unpaired) electrons. The number of aliphatic hydroxyl groups is 1. The van der Waals surface area contributed by atoms with Crippen LogP contribution in [0.3, 0.4) is 0 Å². The maximum atomic E-state index is 12.8. The van der Waals surface area contributed by atoms with Crippen molar-refractivity contribution < 1.29 is 24.1 Å². The van der Waals surface area contributed by atoms with Gasteiger partial charge in [0.1, 0.15) is 23.3 Å². The Morgan fingerprint density at radius 3 is 2.69 bits per heavy atom. The highest BCUT2D eigenvalue weighted by Gasteiger charge is 2.26. The average Bonchev–Trinajstić information content (AvgIpc) is 3.31. The van der Waals surface area contributed by atoms with Crippen LogP contribution in [0.5, 0.6) is 11.9 Å². The van der Waals surface area contributed by atoms with E-state index >= 15 is 0 Å². The van der Waals surface area contributed by atoms with Gasteiger partial charge in [-0.25, -0.2) is 0 Å². The monoisotopic (exact) mass is 498 g/mol. The van der Waals surface area contributed by atoms with Crippen molar-refractivity contribution in [2.75, 3.05) is 45.4 Å². The summed E-state index contributed by atoms with van der Waals surface area (Å²) in [6.07, 6.45) is 3.60. The number of methoxy groups -OCH3 is 2. The number of pyridine rings is 1. The molecule has 36 heavy (non-hydrogen) atoms. The second-order valence-electron chi connectivity index (χ2n) is 9.09. The minimum atomic E-state index is -0.394. The van der Waals surface area contributed by atoms with Gasteiger partial charge in [0.2, 0.25) is 5.88 Å². The first kappa shape index (κ1) is 25.6. The molecule has 4 heterocycles. The lowest BCUT2D eigenvalue weighted by Gasteiger charge is -2.33. The number of nitrogens with one attached hydrogen (secondary N) is 2. The Hall–Kier alpha value is -3.44. The topological polar surface area (TPSA) is 135 Å². The van der Waals surface area contributed by atoms with Crippen LogP contribution in [-0.4, -0.2) is 83.6 Å². The number of H-pyrrole nitrogens is 1. The second kappa shape index (κ2) is 11.5. The summed E-state index contributed by atoms with van der Waals surface area (Å²) in [5, 5.41) is 13.2. The van der Waals surface area contributed by atoms with Crippen LogP contribution in [0.25, 0.3) is 11.0 Å². The van der Waals surface area contributed by atoms with Gasteiger partial charge in [0.05, 0.1) is 20.3 Å². The van der Waals surface area contributed by atoms with Crippen LogP contribution >= 0.6 is 0 Å². The zero-order valence-electron chi connectivity index (χ0n) is 21.2. The summed E-state index contributed by atoms with van der Waals surface area (Å²) >= 11 is 0. The van der Waals surface area contributed by atoms with Gasteiger partial charge in [0.15, 0.2) is 0 Å².